The monoisotopic (exact) mass is 253 g/mol. The molecule has 0 aliphatic heterocycles. The van der Waals surface area contributed by atoms with Crippen LogP contribution in [0.1, 0.15) is 45.4 Å². The van der Waals surface area contributed by atoms with Crippen LogP contribution in [-0.4, -0.2) is 28.2 Å². The van der Waals surface area contributed by atoms with Gasteiger partial charge in [-0.05, 0) is 18.8 Å². The lowest BCUT2D eigenvalue weighted by atomic mass is 10.1. The van der Waals surface area contributed by atoms with Crippen LogP contribution in [0.4, 0.5) is 5.82 Å². The average Bonchev–Trinajstić information content (AvgIpc) is 2.33. The lowest BCUT2D eigenvalue weighted by Crippen LogP contribution is -2.15. The molecule has 0 fully saturated rings. The molecule has 1 heterocycles. The number of nitrogens with one attached hydrogen (secondary N) is 2. The minimum atomic E-state index is -0.125. The third kappa shape index (κ3) is 4.87. The van der Waals surface area contributed by atoms with Crippen LogP contribution >= 0.6 is 0 Å². The minimum absolute atomic E-state index is 0.125. The van der Waals surface area contributed by atoms with Crippen molar-refractivity contribution in [2.75, 3.05) is 18.5 Å². The van der Waals surface area contributed by atoms with Crippen molar-refractivity contribution in [2.45, 2.75) is 39.5 Å². The molecule has 5 heteroatoms. The second kappa shape index (κ2) is 7.16. The van der Waals surface area contributed by atoms with Crippen LogP contribution in [0, 0.1) is 5.92 Å². The van der Waals surface area contributed by atoms with Crippen molar-refractivity contribution in [1.29, 1.82) is 0 Å². The number of nitrogens with zero attached hydrogens (tertiary/aromatic N) is 1. The Bertz CT molecular complexity index is 415. The van der Waals surface area contributed by atoms with Gasteiger partial charge in [0.05, 0.1) is 0 Å². The maximum atomic E-state index is 11.4. The molecule has 1 rings (SSSR count). The standard InChI is InChI=1S/C13H23N3O2/c1-9(2)13-15-11(7-12(18)16-13)14-6-4-5-10(3)8-17/h7,9-10,17H,4-6,8H2,1-3H3,(H2,14,15,16,18). The number of hydrogen-bond donors (Lipinski definition) is 3. The third-order valence-corrected chi connectivity index (χ3v) is 2.80. The van der Waals surface area contributed by atoms with E-state index in [1.165, 1.54) is 6.07 Å². The first-order chi connectivity index (χ1) is 8.52. The molecule has 0 aromatic carbocycles. The van der Waals surface area contributed by atoms with Gasteiger partial charge in [-0.15, -0.1) is 0 Å². The summed E-state index contributed by atoms with van der Waals surface area (Å²) >= 11 is 0. The molecule has 1 unspecified atom stereocenters. The summed E-state index contributed by atoms with van der Waals surface area (Å²) in [6.07, 6.45) is 1.91. The van der Waals surface area contributed by atoms with E-state index in [1.807, 2.05) is 20.8 Å². The molecule has 0 saturated carbocycles. The number of H-pyrrole nitrogens is 1. The van der Waals surface area contributed by atoms with E-state index in [-0.39, 0.29) is 18.1 Å². The van der Waals surface area contributed by atoms with Gasteiger partial charge in [-0.1, -0.05) is 20.8 Å². The van der Waals surface area contributed by atoms with Crippen molar-refractivity contribution >= 4 is 5.82 Å². The molecule has 1 aromatic heterocycles. The topological polar surface area (TPSA) is 78.0 Å². The summed E-state index contributed by atoms with van der Waals surface area (Å²) in [7, 11) is 0. The molecular weight excluding hydrogens is 230 g/mol. The second-order valence-corrected chi connectivity index (χ2v) is 5.03. The van der Waals surface area contributed by atoms with Crippen LogP contribution in [0.5, 0.6) is 0 Å². The molecule has 5 nitrogen and oxygen atoms in total. The van der Waals surface area contributed by atoms with Gasteiger partial charge in [0.25, 0.3) is 5.56 Å². The predicted molar refractivity (Wildman–Crippen MR) is 72.9 cm³/mol. The summed E-state index contributed by atoms with van der Waals surface area (Å²) in [6, 6.07) is 1.47. The zero-order valence-corrected chi connectivity index (χ0v) is 11.4. The first-order valence-corrected chi connectivity index (χ1v) is 6.49. The van der Waals surface area contributed by atoms with E-state index in [2.05, 4.69) is 15.3 Å². The fraction of sp³-hybridized carbons (Fsp3) is 0.692. The number of anilines is 1. The van der Waals surface area contributed by atoms with Crippen LogP contribution in [0.2, 0.25) is 0 Å². The summed E-state index contributed by atoms with van der Waals surface area (Å²) in [6.45, 7) is 6.98. The molecule has 18 heavy (non-hydrogen) atoms. The van der Waals surface area contributed by atoms with Crippen LogP contribution in [0.15, 0.2) is 10.9 Å². The number of rotatable bonds is 7. The van der Waals surface area contributed by atoms with Gasteiger partial charge in [-0.2, -0.15) is 0 Å². The average molecular weight is 253 g/mol. The van der Waals surface area contributed by atoms with Crippen molar-refractivity contribution in [1.82, 2.24) is 9.97 Å². The SMILES string of the molecule is CC(CO)CCCNc1cc(=O)[nH]c(C(C)C)n1. The number of aromatic amines is 1. The Morgan fingerprint density at radius 3 is 2.78 bits per heavy atom. The predicted octanol–water partition coefficient (Wildman–Crippen LogP) is 1.71. The maximum absolute atomic E-state index is 11.4. The molecule has 0 amide bonds. The van der Waals surface area contributed by atoms with Gasteiger partial charge >= 0.3 is 0 Å². The Kier molecular flexibility index (Phi) is 5.85. The first kappa shape index (κ1) is 14.7. The van der Waals surface area contributed by atoms with E-state index >= 15 is 0 Å². The summed E-state index contributed by atoms with van der Waals surface area (Å²) < 4.78 is 0. The molecule has 0 radical (unpaired) electrons. The van der Waals surface area contributed by atoms with Crippen molar-refractivity contribution < 1.29 is 5.11 Å². The van der Waals surface area contributed by atoms with E-state index in [0.29, 0.717) is 17.6 Å². The van der Waals surface area contributed by atoms with Crippen molar-refractivity contribution in [2.24, 2.45) is 5.92 Å². The molecule has 0 aliphatic carbocycles. The van der Waals surface area contributed by atoms with Gasteiger partial charge in [-0.25, -0.2) is 4.98 Å². The number of aliphatic hydroxyl groups is 1. The Morgan fingerprint density at radius 1 is 1.44 bits per heavy atom. The lowest BCUT2D eigenvalue weighted by molar-refractivity contribution is 0.229. The van der Waals surface area contributed by atoms with E-state index in [4.69, 9.17) is 5.11 Å². The fourth-order valence-electron chi connectivity index (χ4n) is 1.60. The number of aromatic nitrogens is 2. The lowest BCUT2D eigenvalue weighted by Gasteiger charge is -2.10. The molecular formula is C13H23N3O2. The Hall–Kier alpha value is -1.36. The molecule has 3 N–H and O–H groups in total. The highest BCUT2D eigenvalue weighted by Crippen LogP contribution is 2.09. The Morgan fingerprint density at radius 2 is 2.17 bits per heavy atom. The zero-order chi connectivity index (χ0) is 13.5. The zero-order valence-electron chi connectivity index (χ0n) is 11.4. The summed E-state index contributed by atoms with van der Waals surface area (Å²) in [5.74, 6) is 1.85. The molecule has 1 atom stereocenters. The van der Waals surface area contributed by atoms with Gasteiger partial charge in [0.2, 0.25) is 0 Å². The van der Waals surface area contributed by atoms with E-state index in [0.717, 1.165) is 19.4 Å². The van der Waals surface area contributed by atoms with Crippen LogP contribution in [0.25, 0.3) is 0 Å². The molecule has 0 aliphatic rings. The summed E-state index contributed by atoms with van der Waals surface area (Å²) in [5, 5.41) is 12.1. The van der Waals surface area contributed by atoms with Gasteiger partial charge in [0.1, 0.15) is 11.6 Å². The Balaban J connectivity index is 2.49. The van der Waals surface area contributed by atoms with E-state index in [1.54, 1.807) is 0 Å². The molecule has 1 aromatic rings. The first-order valence-electron chi connectivity index (χ1n) is 6.49. The number of hydrogen-bond acceptors (Lipinski definition) is 4. The van der Waals surface area contributed by atoms with Crippen LogP contribution in [0.3, 0.4) is 0 Å². The third-order valence-electron chi connectivity index (χ3n) is 2.80. The van der Waals surface area contributed by atoms with Gasteiger partial charge in [-0.3, -0.25) is 4.79 Å². The van der Waals surface area contributed by atoms with Gasteiger partial charge < -0.3 is 15.4 Å². The minimum Gasteiger partial charge on any atom is -0.396 e. The summed E-state index contributed by atoms with van der Waals surface area (Å²) in [5.41, 5.74) is -0.125. The summed E-state index contributed by atoms with van der Waals surface area (Å²) in [4.78, 5) is 18.5. The highest BCUT2D eigenvalue weighted by molar-refractivity contribution is 5.33. The second-order valence-electron chi connectivity index (χ2n) is 5.03. The fourth-order valence-corrected chi connectivity index (χ4v) is 1.60. The molecule has 102 valence electrons. The van der Waals surface area contributed by atoms with Crippen LogP contribution < -0.4 is 10.9 Å². The van der Waals surface area contributed by atoms with Crippen molar-refractivity contribution in [3.05, 3.63) is 22.2 Å². The van der Waals surface area contributed by atoms with Crippen molar-refractivity contribution in [3.63, 3.8) is 0 Å². The normalized spacial score (nSPS) is 12.7. The maximum Gasteiger partial charge on any atom is 0.252 e. The molecule has 0 saturated heterocycles. The Labute approximate surface area is 108 Å². The van der Waals surface area contributed by atoms with E-state index < -0.39 is 0 Å². The van der Waals surface area contributed by atoms with Gasteiger partial charge in [0.15, 0.2) is 0 Å². The molecule has 0 bridgehead atoms. The van der Waals surface area contributed by atoms with Crippen LogP contribution in [-0.2, 0) is 0 Å². The van der Waals surface area contributed by atoms with E-state index in [9.17, 15) is 4.79 Å². The smallest absolute Gasteiger partial charge is 0.252 e. The largest absolute Gasteiger partial charge is 0.396 e. The number of aliphatic hydroxyl groups excluding tert-OH is 1. The highest BCUT2D eigenvalue weighted by atomic mass is 16.3. The van der Waals surface area contributed by atoms with Gasteiger partial charge in [0, 0.05) is 25.1 Å². The quantitative estimate of drug-likeness (QED) is 0.646. The highest BCUT2D eigenvalue weighted by Gasteiger charge is 2.05. The van der Waals surface area contributed by atoms with Crippen molar-refractivity contribution in [3.8, 4) is 0 Å². The molecule has 0 spiro atoms.